The van der Waals surface area contributed by atoms with E-state index in [4.69, 9.17) is 0 Å². The summed E-state index contributed by atoms with van der Waals surface area (Å²) in [5.41, 5.74) is 0. The molecule has 0 aliphatic heterocycles. The molecule has 0 aliphatic carbocycles. The Bertz CT molecular complexity index is 192. The van der Waals surface area contributed by atoms with Crippen LogP contribution >= 0.6 is 0 Å². The zero-order valence-corrected chi connectivity index (χ0v) is 18.8. The van der Waals surface area contributed by atoms with Crippen molar-refractivity contribution in [2.24, 2.45) is 0 Å². The van der Waals surface area contributed by atoms with Gasteiger partial charge < -0.3 is 5.48 Å². The van der Waals surface area contributed by atoms with Crippen LogP contribution in [-0.2, 0) is 0 Å². The molecule has 0 amide bonds. The first-order valence-corrected chi connectivity index (χ1v) is 12.4. The summed E-state index contributed by atoms with van der Waals surface area (Å²) >= 11 is 0. The molecule has 0 saturated heterocycles. The number of rotatable bonds is 22. The fraction of sp³-hybridized carbons (Fsp3) is 1.00. The predicted octanol–water partition coefficient (Wildman–Crippen LogP) is 9.17. The molecule has 2 N–H and O–H groups in total. The molecule has 0 heterocycles. The van der Waals surface area contributed by atoms with Gasteiger partial charge in [0.15, 0.2) is 0 Å². The van der Waals surface area contributed by atoms with Gasteiger partial charge in [-0.15, -0.1) is 0 Å². The molecular formula is C25H54O. The minimum absolute atomic E-state index is 0. The number of hydrogen-bond donors (Lipinski definition) is 0. The van der Waals surface area contributed by atoms with E-state index in [1.807, 2.05) is 0 Å². The normalized spacial score (nSPS) is 10.8. The van der Waals surface area contributed by atoms with Crippen molar-refractivity contribution in [1.82, 2.24) is 0 Å². The van der Waals surface area contributed by atoms with Crippen molar-refractivity contribution in [1.29, 1.82) is 0 Å². The summed E-state index contributed by atoms with van der Waals surface area (Å²) in [4.78, 5) is 0. The predicted molar refractivity (Wildman–Crippen MR) is 121 cm³/mol. The van der Waals surface area contributed by atoms with Crippen LogP contribution in [-0.4, -0.2) is 5.48 Å². The average molecular weight is 371 g/mol. The van der Waals surface area contributed by atoms with E-state index >= 15 is 0 Å². The lowest BCUT2D eigenvalue weighted by molar-refractivity contribution is 0.519. The highest BCUT2D eigenvalue weighted by Crippen LogP contribution is 2.15. The summed E-state index contributed by atoms with van der Waals surface area (Å²) in [5, 5.41) is 0. The maximum Gasteiger partial charge on any atom is -0.0533 e. The van der Waals surface area contributed by atoms with Gasteiger partial charge in [-0.1, -0.05) is 162 Å². The van der Waals surface area contributed by atoms with E-state index in [-0.39, 0.29) is 5.48 Å². The molecule has 1 nitrogen and oxygen atoms in total. The molecule has 0 aromatic carbocycles. The quantitative estimate of drug-likeness (QED) is 0.170. The van der Waals surface area contributed by atoms with Crippen molar-refractivity contribution in [3.63, 3.8) is 0 Å². The Morgan fingerprint density at radius 2 is 0.346 bits per heavy atom. The highest BCUT2D eigenvalue weighted by molar-refractivity contribution is 4.51. The van der Waals surface area contributed by atoms with E-state index in [0.29, 0.717) is 0 Å². The van der Waals surface area contributed by atoms with Gasteiger partial charge in [0.2, 0.25) is 0 Å². The Balaban J connectivity index is 0. The zero-order chi connectivity index (χ0) is 18.3. The van der Waals surface area contributed by atoms with Gasteiger partial charge in [0.25, 0.3) is 0 Å². The second-order valence-electron chi connectivity index (χ2n) is 8.42. The molecule has 0 saturated carbocycles. The first-order valence-electron chi connectivity index (χ1n) is 12.4. The second-order valence-corrected chi connectivity index (χ2v) is 8.42. The molecule has 0 aliphatic rings. The van der Waals surface area contributed by atoms with Gasteiger partial charge in [0.1, 0.15) is 0 Å². The average Bonchev–Trinajstić information content (AvgIpc) is 2.63. The van der Waals surface area contributed by atoms with Crippen LogP contribution in [0.5, 0.6) is 0 Å². The topological polar surface area (TPSA) is 31.5 Å². The van der Waals surface area contributed by atoms with Crippen molar-refractivity contribution in [3.8, 4) is 0 Å². The minimum Gasteiger partial charge on any atom is -0.412 e. The smallest absolute Gasteiger partial charge is 0.0533 e. The molecule has 0 radical (unpaired) electrons. The first kappa shape index (κ1) is 28.2. The third kappa shape index (κ3) is 26.2. The van der Waals surface area contributed by atoms with Crippen molar-refractivity contribution < 1.29 is 5.48 Å². The van der Waals surface area contributed by atoms with Crippen LogP contribution in [0.1, 0.15) is 162 Å². The number of hydrogen-bond acceptors (Lipinski definition) is 0. The maximum atomic E-state index is 2.30. The highest BCUT2D eigenvalue weighted by atomic mass is 16.0. The van der Waals surface area contributed by atoms with E-state index in [9.17, 15) is 0 Å². The van der Waals surface area contributed by atoms with Crippen LogP contribution in [0.15, 0.2) is 0 Å². The zero-order valence-electron chi connectivity index (χ0n) is 18.8. The molecule has 0 bridgehead atoms. The Hall–Kier alpha value is -0.0400. The number of unbranched alkanes of at least 4 members (excludes halogenated alkanes) is 22. The van der Waals surface area contributed by atoms with Gasteiger partial charge in [-0.2, -0.15) is 0 Å². The van der Waals surface area contributed by atoms with Crippen LogP contribution < -0.4 is 0 Å². The first-order chi connectivity index (χ1) is 12.4. The minimum atomic E-state index is 0. The Kier molecular flexibility index (Phi) is 29.5. The van der Waals surface area contributed by atoms with Crippen molar-refractivity contribution in [2.45, 2.75) is 162 Å². The fourth-order valence-corrected chi connectivity index (χ4v) is 3.86. The second kappa shape index (κ2) is 27.2. The van der Waals surface area contributed by atoms with Crippen molar-refractivity contribution in [3.05, 3.63) is 0 Å². The van der Waals surface area contributed by atoms with E-state index in [0.717, 1.165) is 0 Å². The standard InChI is InChI=1S/C25H52.H2O/c1-3-5-7-9-11-13-15-17-19-21-23-25-24-22-20-18-16-14-12-10-8-6-4-2;/h3-25H2,1-2H3;1H2. The summed E-state index contributed by atoms with van der Waals surface area (Å²) in [6.45, 7) is 4.60. The summed E-state index contributed by atoms with van der Waals surface area (Å²) in [6.07, 6.45) is 33.9. The summed E-state index contributed by atoms with van der Waals surface area (Å²) in [7, 11) is 0. The van der Waals surface area contributed by atoms with Crippen LogP contribution in [0.25, 0.3) is 0 Å². The molecule has 0 aromatic rings. The lowest BCUT2D eigenvalue weighted by Crippen LogP contribution is -1.84. The van der Waals surface area contributed by atoms with Crippen molar-refractivity contribution >= 4 is 0 Å². The Morgan fingerprint density at radius 3 is 0.462 bits per heavy atom. The van der Waals surface area contributed by atoms with E-state index < -0.39 is 0 Å². The van der Waals surface area contributed by atoms with Crippen LogP contribution in [0.4, 0.5) is 0 Å². The van der Waals surface area contributed by atoms with Crippen LogP contribution in [0.2, 0.25) is 0 Å². The Morgan fingerprint density at radius 1 is 0.231 bits per heavy atom. The molecular weight excluding hydrogens is 316 g/mol. The van der Waals surface area contributed by atoms with Gasteiger partial charge in [0, 0.05) is 0 Å². The third-order valence-corrected chi connectivity index (χ3v) is 5.71. The molecule has 0 rings (SSSR count). The molecule has 26 heavy (non-hydrogen) atoms. The monoisotopic (exact) mass is 370 g/mol. The summed E-state index contributed by atoms with van der Waals surface area (Å²) < 4.78 is 0. The molecule has 0 unspecified atom stereocenters. The van der Waals surface area contributed by atoms with E-state index in [1.165, 1.54) is 148 Å². The van der Waals surface area contributed by atoms with Gasteiger partial charge in [0.05, 0.1) is 0 Å². The molecule has 1 heteroatoms. The van der Waals surface area contributed by atoms with Gasteiger partial charge >= 0.3 is 0 Å². The van der Waals surface area contributed by atoms with Gasteiger partial charge in [-0.3, -0.25) is 0 Å². The largest absolute Gasteiger partial charge is 0.412 e. The summed E-state index contributed by atoms with van der Waals surface area (Å²) in [6, 6.07) is 0. The SMILES string of the molecule is CCCCCCCCCCCCCCCCCCCCCCCCC.O. The summed E-state index contributed by atoms with van der Waals surface area (Å²) in [5.74, 6) is 0. The van der Waals surface area contributed by atoms with Gasteiger partial charge in [-0.25, -0.2) is 0 Å². The molecule has 0 fully saturated rings. The maximum absolute atomic E-state index is 2.30. The van der Waals surface area contributed by atoms with Gasteiger partial charge in [-0.05, 0) is 0 Å². The highest BCUT2D eigenvalue weighted by Gasteiger charge is 1.95. The third-order valence-electron chi connectivity index (χ3n) is 5.71. The molecule has 0 aromatic heterocycles. The Labute approximate surface area is 167 Å². The van der Waals surface area contributed by atoms with Crippen LogP contribution in [0.3, 0.4) is 0 Å². The molecule has 160 valence electrons. The lowest BCUT2D eigenvalue weighted by atomic mass is 10.0. The molecule has 0 atom stereocenters. The van der Waals surface area contributed by atoms with Crippen LogP contribution in [0, 0.1) is 0 Å². The van der Waals surface area contributed by atoms with E-state index in [2.05, 4.69) is 13.8 Å². The molecule has 0 spiro atoms. The fourth-order valence-electron chi connectivity index (χ4n) is 3.86. The van der Waals surface area contributed by atoms with Crippen molar-refractivity contribution in [2.75, 3.05) is 0 Å². The van der Waals surface area contributed by atoms with E-state index in [1.54, 1.807) is 0 Å². The lowest BCUT2D eigenvalue weighted by Gasteiger charge is -2.04.